The molecular formula is C92H84F4N20O6S. The smallest absolute Gasteiger partial charge is 0.406 e. The number of aromatic nitrogens is 11. The summed E-state index contributed by atoms with van der Waals surface area (Å²) < 4.78 is 76.3. The van der Waals surface area contributed by atoms with Crippen LogP contribution in [0.1, 0.15) is 29.2 Å². The van der Waals surface area contributed by atoms with E-state index < -0.39 is 24.1 Å². The maximum absolute atomic E-state index is 14.9. The fourth-order valence-electron chi connectivity index (χ4n) is 15.2. The minimum Gasteiger partial charge on any atom is -0.489 e. The molecule has 15 aromatic rings. The molecule has 3 fully saturated rings. The number of likely N-dealkylation sites (tertiary alicyclic amines) is 1. The number of furan rings is 1. The number of hydrogen-bond donors (Lipinski definition) is 5. The number of benzene rings is 6. The van der Waals surface area contributed by atoms with E-state index in [4.69, 9.17) is 23.6 Å². The van der Waals surface area contributed by atoms with Crippen molar-refractivity contribution in [2.45, 2.75) is 43.5 Å². The lowest BCUT2D eigenvalue weighted by atomic mass is 9.96. The van der Waals surface area contributed by atoms with Gasteiger partial charge in [-0.1, -0.05) is 90.1 Å². The summed E-state index contributed by atoms with van der Waals surface area (Å²) in [4.78, 5) is 83.4. The molecule has 622 valence electrons. The number of halogens is 4. The van der Waals surface area contributed by atoms with Crippen LogP contribution in [-0.2, 0) is 13.1 Å². The van der Waals surface area contributed by atoms with Gasteiger partial charge < -0.3 is 55.0 Å². The molecule has 13 heterocycles. The van der Waals surface area contributed by atoms with Crippen LogP contribution >= 0.6 is 11.8 Å². The second-order valence-corrected chi connectivity index (χ2v) is 31.5. The highest BCUT2D eigenvalue weighted by Crippen LogP contribution is 2.36. The van der Waals surface area contributed by atoms with Gasteiger partial charge in [0.15, 0.2) is 5.65 Å². The van der Waals surface area contributed by atoms with Crippen molar-refractivity contribution >= 4 is 97.4 Å². The molecule has 123 heavy (non-hydrogen) atoms. The van der Waals surface area contributed by atoms with Gasteiger partial charge in [-0.15, -0.1) is 0 Å². The molecule has 0 spiro atoms. The van der Waals surface area contributed by atoms with Crippen molar-refractivity contribution in [2.24, 2.45) is 4.99 Å². The van der Waals surface area contributed by atoms with E-state index in [1.54, 1.807) is 70.7 Å². The van der Waals surface area contributed by atoms with Gasteiger partial charge in [0, 0.05) is 175 Å². The molecule has 4 aliphatic rings. The van der Waals surface area contributed by atoms with Crippen molar-refractivity contribution in [1.82, 2.24) is 74.2 Å². The number of thioether (sulfide) groups is 1. The lowest BCUT2D eigenvalue weighted by Crippen LogP contribution is -2.43. The molecule has 5 N–H and O–H groups in total. The number of pyridine rings is 4. The number of piperazine rings is 1. The zero-order valence-electron chi connectivity index (χ0n) is 67.2. The summed E-state index contributed by atoms with van der Waals surface area (Å²) in [6.07, 6.45) is 12.2. The van der Waals surface area contributed by atoms with Crippen molar-refractivity contribution < 1.29 is 31.2 Å². The summed E-state index contributed by atoms with van der Waals surface area (Å²) in [7, 11) is 6.08. The van der Waals surface area contributed by atoms with Crippen molar-refractivity contribution in [3.63, 3.8) is 0 Å². The molecule has 0 bridgehead atoms. The maximum Gasteiger partial charge on any atom is 0.406 e. The summed E-state index contributed by atoms with van der Waals surface area (Å²) >= 11 is 1.98. The van der Waals surface area contributed by atoms with Gasteiger partial charge in [-0.25, -0.2) is 19.3 Å². The van der Waals surface area contributed by atoms with Gasteiger partial charge in [-0.2, -0.15) is 39.9 Å². The van der Waals surface area contributed by atoms with Crippen LogP contribution in [0.4, 0.5) is 58.2 Å². The topological polar surface area (TPSA) is 287 Å². The number of aliphatic imine (C=N–C) groups is 1. The van der Waals surface area contributed by atoms with E-state index in [1.165, 1.54) is 30.1 Å². The molecule has 4 aliphatic heterocycles. The summed E-state index contributed by atoms with van der Waals surface area (Å²) in [6.45, 7) is 6.48. The summed E-state index contributed by atoms with van der Waals surface area (Å²) in [5.41, 5.74) is 11.3. The molecule has 26 nitrogen and oxygen atoms in total. The Bertz CT molecular complexity index is 6530. The molecule has 31 heteroatoms. The van der Waals surface area contributed by atoms with Crippen LogP contribution in [0.25, 0.3) is 100 Å². The Morgan fingerprint density at radius 3 is 1.86 bits per heavy atom. The Labute approximate surface area is 707 Å². The number of allylic oxidation sites excluding steroid dienone is 1. The van der Waals surface area contributed by atoms with Gasteiger partial charge in [0.2, 0.25) is 17.8 Å². The van der Waals surface area contributed by atoms with Crippen LogP contribution in [-0.4, -0.2) is 168 Å². The van der Waals surface area contributed by atoms with E-state index in [2.05, 4.69) is 97.9 Å². The molecule has 2 atom stereocenters. The number of likely N-dealkylation sites (N-methyl/N-ethyl adjacent to an activating group) is 2. The van der Waals surface area contributed by atoms with Gasteiger partial charge in [0.05, 0.1) is 40.8 Å². The predicted octanol–water partition coefficient (Wildman–Crippen LogP) is 15.9. The summed E-state index contributed by atoms with van der Waals surface area (Å²) in [5, 5.41) is 22.2. The molecular weight excluding hydrogens is 1590 g/mol. The molecule has 0 aliphatic carbocycles. The van der Waals surface area contributed by atoms with Crippen molar-refractivity contribution in [3.05, 3.63) is 286 Å². The maximum atomic E-state index is 14.9. The predicted molar refractivity (Wildman–Crippen MR) is 475 cm³/mol. The number of nitrogens with one attached hydrogen (secondary N) is 5. The van der Waals surface area contributed by atoms with Crippen LogP contribution < -0.4 is 52.9 Å². The van der Waals surface area contributed by atoms with Crippen LogP contribution in [0.2, 0.25) is 0 Å². The number of anilines is 7. The molecule has 2 unspecified atom stereocenters. The van der Waals surface area contributed by atoms with E-state index >= 15 is 0 Å². The monoisotopic (exact) mass is 1670 g/mol. The van der Waals surface area contributed by atoms with E-state index in [0.717, 1.165) is 130 Å². The molecule has 0 radical (unpaired) electrons. The number of hydrogen-bond acceptors (Lipinski definition) is 24. The molecule has 0 amide bonds. The number of ether oxygens (including phenoxy) is 1. The molecule has 3 saturated heterocycles. The number of para-hydroxylation sites is 1. The molecule has 19 rings (SSSR count). The van der Waals surface area contributed by atoms with Crippen molar-refractivity contribution in [1.29, 1.82) is 0 Å². The minimum atomic E-state index is -4.69. The first kappa shape index (κ1) is 81.5. The lowest BCUT2D eigenvalue weighted by molar-refractivity contribution is -0.140. The van der Waals surface area contributed by atoms with E-state index in [0.29, 0.717) is 88.1 Å². The average molecular weight is 1670 g/mol. The fourth-order valence-corrected chi connectivity index (χ4v) is 16.3. The van der Waals surface area contributed by atoms with E-state index in [1.807, 2.05) is 169 Å². The number of fused-ring (bicyclic) bond motifs is 3. The largest absolute Gasteiger partial charge is 0.489 e. The highest BCUT2D eigenvalue weighted by atomic mass is 32.2. The molecule has 6 aromatic carbocycles. The summed E-state index contributed by atoms with van der Waals surface area (Å²) in [5.74, 6) is 3.06. The number of alkyl halides is 3. The zero-order valence-corrected chi connectivity index (χ0v) is 68.0. The van der Waals surface area contributed by atoms with Gasteiger partial charge in [0.25, 0.3) is 16.7 Å². The standard InChI is InChI=1S/C33H27N5O2S.C31H33N7O3.C28H24F4N8O/c39-32-28(22-8-10-23(11-9-22)29-7-4-17-40-29)19-25-20-35-33(37-31(25)38(32)27-5-2-1-3-6-27)36-26-14-12-24(13-15-26)30-21-34-16-18-41-30;1-36(2)14-15-38-29-21(16-28(30(38)39)27-7-5-4-6-26(27)22-18-33-40-20-22)17-32-31(35-29)34-23-8-10-24(11-9-23)41-25-12-13-37(3)19-25;29-21-13-19(4-6-24(21)39-10-8-33-9-11-39)37-27-36-15-18-12-20(26(41)40(25(18)38-27)16-28(30,31)32)23-5-3-17(14-35-23)22-2-1-7-34-22/h1-15,17,19-20,30,34H,16,18,21H2,(H,35,36,37);4-11,16-18,20,25H,12-15,19H2,1-3H3,(H,32,34,35);2-7,12-15,33H,1,8-11,16H2,(H,36,37,38). The Balaban J connectivity index is 0.000000131. The molecule has 0 saturated carbocycles. The van der Waals surface area contributed by atoms with Crippen LogP contribution in [0.5, 0.6) is 5.75 Å². The second-order valence-electron chi connectivity index (χ2n) is 30.2. The third kappa shape index (κ3) is 19.0. The Kier molecular flexibility index (Phi) is 24.3. The molecule has 9 aromatic heterocycles. The lowest BCUT2D eigenvalue weighted by Gasteiger charge is -2.29. The third-order valence-corrected chi connectivity index (χ3v) is 22.6. The minimum absolute atomic E-state index is 0.0212. The first-order valence-corrected chi connectivity index (χ1v) is 41.2. The van der Waals surface area contributed by atoms with Crippen LogP contribution in [0.3, 0.4) is 0 Å². The van der Waals surface area contributed by atoms with Crippen molar-refractivity contribution in [3.8, 4) is 67.4 Å². The fraction of sp³-hybridized carbons (Fsp3) is 0.217. The first-order valence-electron chi connectivity index (χ1n) is 40.2. The highest BCUT2D eigenvalue weighted by molar-refractivity contribution is 7.99. The van der Waals surface area contributed by atoms with E-state index in [-0.39, 0.29) is 45.5 Å². The van der Waals surface area contributed by atoms with Crippen LogP contribution in [0.15, 0.2) is 266 Å². The highest BCUT2D eigenvalue weighted by Gasteiger charge is 2.32. The Morgan fingerprint density at radius 1 is 0.593 bits per heavy atom. The van der Waals surface area contributed by atoms with Crippen molar-refractivity contribution in [2.75, 3.05) is 107 Å². The second kappa shape index (κ2) is 36.6. The number of nitrogens with zero attached hydrogens (tertiary/aromatic N) is 15. The first-order chi connectivity index (χ1) is 59.9. The van der Waals surface area contributed by atoms with E-state index in [9.17, 15) is 31.9 Å². The zero-order chi connectivity index (χ0) is 84.5. The SMILES string of the molecule is CN(C)CCn1c(=O)c(-c2ccccc2-c2cnoc2)cc2cnc(Nc3ccc(OC4CCN(C)C4)cc3)nc21.O=c1c(-c2ccc(-c3ccco3)cc2)cc2cnc(Nc3ccc(C4CNCCS4)cc3)nc2n1-c1ccccc1.O=c1c(-c2ccc(C3=CCC=N3)cn2)cc2cnc(Nc3ccc(N4CCNCC4)c(F)c3)nc2n1CC(F)(F)F. The van der Waals surface area contributed by atoms with Gasteiger partial charge in [-0.05, 0) is 159 Å². The number of rotatable bonds is 21. The third-order valence-electron chi connectivity index (χ3n) is 21.4. The quantitative estimate of drug-likeness (QED) is 0.0418. The average Bonchev–Trinajstić information content (AvgIpc) is 1.55. The van der Waals surface area contributed by atoms with Gasteiger partial charge in [-0.3, -0.25) is 38.1 Å². The normalized spacial score (nSPS) is 15.4. The summed E-state index contributed by atoms with van der Waals surface area (Å²) in [6, 6.07) is 58.1. The van der Waals surface area contributed by atoms with Gasteiger partial charge in [0.1, 0.15) is 47.5 Å². The van der Waals surface area contributed by atoms with Gasteiger partial charge >= 0.3 is 6.18 Å². The van der Waals surface area contributed by atoms with Crippen LogP contribution in [0, 0.1) is 5.82 Å². The Hall–Kier alpha value is -13.9. The Morgan fingerprint density at radius 2 is 1.24 bits per heavy atom.